The highest BCUT2D eigenvalue weighted by atomic mass is 35.5. The van der Waals surface area contributed by atoms with Gasteiger partial charge in [0.25, 0.3) is 0 Å². The number of nitrogens with one attached hydrogen (secondary N) is 1. The summed E-state index contributed by atoms with van der Waals surface area (Å²) in [6, 6.07) is 13.5. The van der Waals surface area contributed by atoms with Crippen molar-refractivity contribution in [1.29, 1.82) is 5.26 Å². The van der Waals surface area contributed by atoms with Gasteiger partial charge in [0.1, 0.15) is 18.4 Å². The number of sulfonamides is 1. The van der Waals surface area contributed by atoms with E-state index in [0.29, 0.717) is 34.3 Å². The number of benzene rings is 2. The topological polar surface area (TPSA) is 114 Å². The van der Waals surface area contributed by atoms with Crippen LogP contribution in [0.15, 0.2) is 48.8 Å². The van der Waals surface area contributed by atoms with Crippen LogP contribution in [0.4, 0.5) is 5.95 Å². The summed E-state index contributed by atoms with van der Waals surface area (Å²) in [5.41, 5.74) is 2.59. The summed E-state index contributed by atoms with van der Waals surface area (Å²) in [5.74, 6) is 1.88. The minimum absolute atomic E-state index is 0.00653. The van der Waals surface area contributed by atoms with Crippen LogP contribution in [0.1, 0.15) is 36.1 Å². The molecule has 11 heteroatoms. The van der Waals surface area contributed by atoms with E-state index in [9.17, 15) is 13.7 Å². The first-order valence-electron chi connectivity index (χ1n) is 10.9. The molecule has 0 saturated heterocycles. The molecule has 0 unspecified atom stereocenters. The largest absolute Gasteiger partial charge is 0.490 e. The first-order chi connectivity index (χ1) is 17.0. The van der Waals surface area contributed by atoms with Crippen molar-refractivity contribution in [3.05, 3.63) is 76.1 Å². The third-order valence-corrected chi connectivity index (χ3v) is 6.79. The number of nitriles is 1. The van der Waals surface area contributed by atoms with E-state index < -0.39 is 15.4 Å². The van der Waals surface area contributed by atoms with Crippen LogP contribution in [-0.2, 0) is 22.0 Å². The molecule has 0 saturated carbocycles. The zero-order valence-corrected chi connectivity index (χ0v) is 22.8. The Morgan fingerprint density at radius 1 is 1.11 bits per heavy atom. The van der Waals surface area contributed by atoms with Crippen LogP contribution in [-0.4, -0.2) is 43.3 Å². The minimum Gasteiger partial charge on any atom is -0.490 e. The van der Waals surface area contributed by atoms with Crippen LogP contribution in [0, 0.1) is 11.3 Å². The van der Waals surface area contributed by atoms with Crippen molar-refractivity contribution in [2.75, 3.05) is 29.6 Å². The van der Waals surface area contributed by atoms with Gasteiger partial charge < -0.3 is 9.47 Å². The fourth-order valence-corrected chi connectivity index (χ4v) is 4.32. The average Bonchev–Trinajstić information content (AvgIpc) is 2.83. The zero-order valence-electron chi connectivity index (χ0n) is 20.4. The molecule has 0 amide bonds. The van der Waals surface area contributed by atoms with Gasteiger partial charge in [-0.3, -0.25) is 4.72 Å². The standard InChI is InChI=1S/C25H27ClN4O4S2/c1-25(2,20-11-18(13-27)23(22(26)12-20)33-9-10-35-3)19-5-7-21(8-6-19)34-16-17-14-28-24(29-15-17)30-36(4,31)32/h5-8,11-12,14-15H,9-10,16H2,1-4H3,(H,28,29,30). The summed E-state index contributed by atoms with van der Waals surface area (Å²) in [5, 5.41) is 10.1. The number of thioether (sulfide) groups is 1. The Bertz CT molecular complexity index is 1340. The Labute approximate surface area is 221 Å². The Hall–Kier alpha value is -3.00. The third-order valence-electron chi connectivity index (χ3n) is 5.38. The molecule has 0 bridgehead atoms. The second-order valence-electron chi connectivity index (χ2n) is 8.52. The van der Waals surface area contributed by atoms with Crippen molar-refractivity contribution in [3.63, 3.8) is 0 Å². The molecule has 0 fully saturated rings. The van der Waals surface area contributed by atoms with Gasteiger partial charge in [0.2, 0.25) is 16.0 Å². The van der Waals surface area contributed by atoms with E-state index in [2.05, 4.69) is 34.6 Å². The molecular weight excluding hydrogens is 520 g/mol. The molecule has 1 aromatic heterocycles. The minimum atomic E-state index is -3.43. The number of anilines is 1. The van der Waals surface area contributed by atoms with Crippen LogP contribution < -0.4 is 14.2 Å². The first-order valence-corrected chi connectivity index (χ1v) is 14.6. The van der Waals surface area contributed by atoms with Gasteiger partial charge in [0.05, 0.1) is 23.4 Å². The Balaban J connectivity index is 1.71. The number of hydrogen-bond acceptors (Lipinski definition) is 8. The van der Waals surface area contributed by atoms with Gasteiger partial charge in [-0.2, -0.15) is 17.0 Å². The lowest BCUT2D eigenvalue weighted by molar-refractivity contribution is 0.305. The van der Waals surface area contributed by atoms with Gasteiger partial charge >= 0.3 is 0 Å². The summed E-state index contributed by atoms with van der Waals surface area (Å²) in [6.45, 7) is 4.83. The lowest BCUT2D eigenvalue weighted by Gasteiger charge is -2.27. The lowest BCUT2D eigenvalue weighted by atomic mass is 9.77. The van der Waals surface area contributed by atoms with E-state index in [4.69, 9.17) is 21.1 Å². The monoisotopic (exact) mass is 546 g/mol. The van der Waals surface area contributed by atoms with E-state index in [-0.39, 0.29) is 12.6 Å². The van der Waals surface area contributed by atoms with Gasteiger partial charge in [-0.25, -0.2) is 18.4 Å². The van der Waals surface area contributed by atoms with E-state index in [1.54, 1.807) is 11.8 Å². The Kier molecular flexibility index (Phi) is 9.06. The van der Waals surface area contributed by atoms with Crippen molar-refractivity contribution >= 4 is 39.3 Å². The SMILES string of the molecule is CSCCOc1c(Cl)cc(C(C)(C)c2ccc(OCc3cnc(NS(C)(=O)=O)nc3)cc2)cc1C#N. The first kappa shape index (κ1) is 27.6. The highest BCUT2D eigenvalue weighted by molar-refractivity contribution is 7.98. The molecule has 0 aliphatic heterocycles. The van der Waals surface area contributed by atoms with Crippen LogP contribution in [0.3, 0.4) is 0 Å². The van der Waals surface area contributed by atoms with E-state index >= 15 is 0 Å². The molecule has 0 aliphatic rings. The summed E-state index contributed by atoms with van der Waals surface area (Å²) in [6.07, 6.45) is 6.03. The summed E-state index contributed by atoms with van der Waals surface area (Å²) in [7, 11) is -3.43. The molecule has 0 spiro atoms. The Morgan fingerprint density at radius 3 is 2.36 bits per heavy atom. The fraction of sp³-hybridized carbons (Fsp3) is 0.320. The molecule has 0 aliphatic carbocycles. The van der Waals surface area contributed by atoms with Gasteiger partial charge in [0, 0.05) is 29.1 Å². The smallest absolute Gasteiger partial charge is 0.236 e. The zero-order chi connectivity index (χ0) is 26.3. The summed E-state index contributed by atoms with van der Waals surface area (Å²) in [4.78, 5) is 7.96. The number of halogens is 1. The van der Waals surface area contributed by atoms with Crippen molar-refractivity contribution in [2.45, 2.75) is 25.9 Å². The second kappa shape index (κ2) is 11.8. The third kappa shape index (κ3) is 7.26. The predicted octanol–water partition coefficient (Wildman–Crippen LogP) is 5.02. The molecular formula is C25H27ClN4O4S2. The maximum Gasteiger partial charge on any atom is 0.236 e. The number of hydrogen-bond donors (Lipinski definition) is 1. The van der Waals surface area contributed by atoms with Crippen LogP contribution >= 0.6 is 23.4 Å². The summed E-state index contributed by atoms with van der Waals surface area (Å²) < 4.78 is 36.3. The number of aromatic nitrogens is 2. The van der Waals surface area contributed by atoms with Crippen molar-refractivity contribution in [1.82, 2.24) is 9.97 Å². The molecule has 1 N–H and O–H groups in total. The lowest BCUT2D eigenvalue weighted by Crippen LogP contribution is -2.19. The van der Waals surface area contributed by atoms with Gasteiger partial charge in [-0.15, -0.1) is 0 Å². The van der Waals surface area contributed by atoms with Gasteiger partial charge in [-0.1, -0.05) is 37.6 Å². The highest BCUT2D eigenvalue weighted by Crippen LogP contribution is 2.38. The van der Waals surface area contributed by atoms with Crippen LogP contribution in [0.25, 0.3) is 0 Å². The maximum atomic E-state index is 11.3. The molecule has 36 heavy (non-hydrogen) atoms. The number of ether oxygens (including phenoxy) is 2. The van der Waals surface area contributed by atoms with E-state index in [1.807, 2.05) is 42.7 Å². The summed E-state index contributed by atoms with van der Waals surface area (Å²) >= 11 is 8.17. The normalized spacial score (nSPS) is 11.6. The Morgan fingerprint density at radius 2 is 1.78 bits per heavy atom. The molecule has 1 heterocycles. The van der Waals surface area contributed by atoms with Crippen LogP contribution in [0.5, 0.6) is 11.5 Å². The average molecular weight is 547 g/mol. The fourth-order valence-electron chi connectivity index (χ4n) is 3.36. The second-order valence-corrected chi connectivity index (χ2v) is 11.7. The number of nitrogens with zero attached hydrogens (tertiary/aromatic N) is 3. The van der Waals surface area contributed by atoms with E-state index in [0.717, 1.165) is 23.1 Å². The molecule has 2 aromatic carbocycles. The number of rotatable bonds is 11. The molecule has 8 nitrogen and oxygen atoms in total. The van der Waals surface area contributed by atoms with Gasteiger partial charge in [0.15, 0.2) is 5.75 Å². The molecule has 0 atom stereocenters. The molecule has 3 aromatic rings. The predicted molar refractivity (Wildman–Crippen MR) is 143 cm³/mol. The highest BCUT2D eigenvalue weighted by Gasteiger charge is 2.26. The van der Waals surface area contributed by atoms with Crippen molar-refractivity contribution < 1.29 is 17.9 Å². The molecule has 3 rings (SSSR count). The van der Waals surface area contributed by atoms with E-state index in [1.165, 1.54) is 12.4 Å². The van der Waals surface area contributed by atoms with Crippen molar-refractivity contribution in [2.24, 2.45) is 0 Å². The maximum absolute atomic E-state index is 11.3. The molecule has 190 valence electrons. The van der Waals surface area contributed by atoms with Crippen molar-refractivity contribution in [3.8, 4) is 17.6 Å². The van der Waals surface area contributed by atoms with Gasteiger partial charge in [-0.05, 0) is 41.6 Å². The van der Waals surface area contributed by atoms with Crippen LogP contribution in [0.2, 0.25) is 5.02 Å². The quantitative estimate of drug-likeness (QED) is 0.333. The molecule has 0 radical (unpaired) electrons.